The van der Waals surface area contributed by atoms with E-state index >= 15 is 0 Å². The van der Waals surface area contributed by atoms with Crippen molar-refractivity contribution in [2.45, 2.75) is 84.8 Å². The van der Waals surface area contributed by atoms with Crippen molar-refractivity contribution in [1.29, 1.82) is 0 Å². The molecule has 0 amide bonds. The van der Waals surface area contributed by atoms with E-state index in [0.717, 1.165) is 32.5 Å². The molecule has 0 atom stereocenters. The maximum Gasteiger partial charge on any atom is 0.157 e. The van der Waals surface area contributed by atoms with E-state index in [0.29, 0.717) is 0 Å². The van der Waals surface area contributed by atoms with Crippen LogP contribution in [-0.2, 0) is 9.47 Å². The van der Waals surface area contributed by atoms with Crippen molar-refractivity contribution in [2.75, 3.05) is 13.2 Å². The third-order valence-corrected chi connectivity index (χ3v) is 2.95. The Morgan fingerprint density at radius 1 is 0.737 bits per heavy atom. The van der Waals surface area contributed by atoms with Gasteiger partial charge in [0.1, 0.15) is 0 Å². The molecule has 19 heavy (non-hydrogen) atoms. The van der Waals surface area contributed by atoms with Gasteiger partial charge in [-0.05, 0) is 44.9 Å². The highest BCUT2D eigenvalue weighted by molar-refractivity contribution is 4.80. The van der Waals surface area contributed by atoms with E-state index < -0.39 is 0 Å². The van der Waals surface area contributed by atoms with Crippen LogP contribution in [0.5, 0.6) is 0 Å². The molecule has 0 rings (SSSR count). The standard InChI is InChI=1S/C17H34O2/c1-4-7-8-9-10-11-12-13-14-17(18-15-5-2)19-16-6-3/h8-9,17H,4-7,10-16H2,1-3H3. The molecule has 0 spiro atoms. The van der Waals surface area contributed by atoms with E-state index in [4.69, 9.17) is 9.47 Å². The quantitative estimate of drug-likeness (QED) is 0.237. The highest BCUT2D eigenvalue weighted by Crippen LogP contribution is 2.11. The van der Waals surface area contributed by atoms with Crippen molar-refractivity contribution in [3.8, 4) is 0 Å². The molecule has 0 unspecified atom stereocenters. The summed E-state index contributed by atoms with van der Waals surface area (Å²) in [6.45, 7) is 8.12. The van der Waals surface area contributed by atoms with E-state index in [1.165, 1.54) is 38.5 Å². The largest absolute Gasteiger partial charge is 0.353 e. The van der Waals surface area contributed by atoms with E-state index in [1.54, 1.807) is 0 Å². The van der Waals surface area contributed by atoms with Crippen molar-refractivity contribution < 1.29 is 9.47 Å². The fourth-order valence-electron chi connectivity index (χ4n) is 1.87. The number of hydrogen-bond donors (Lipinski definition) is 0. The SMILES string of the molecule is CCCC=CCCCCCC(OCCC)OCCC. The number of ether oxygens (including phenoxy) is 2. The van der Waals surface area contributed by atoms with E-state index in [9.17, 15) is 0 Å². The number of hydrogen-bond acceptors (Lipinski definition) is 2. The van der Waals surface area contributed by atoms with Crippen LogP contribution < -0.4 is 0 Å². The van der Waals surface area contributed by atoms with Crippen LogP contribution in [0.2, 0.25) is 0 Å². The van der Waals surface area contributed by atoms with Crippen LogP contribution in [0.25, 0.3) is 0 Å². The van der Waals surface area contributed by atoms with Crippen molar-refractivity contribution in [3.63, 3.8) is 0 Å². The first-order chi connectivity index (χ1) is 9.35. The molecule has 0 aliphatic rings. The lowest BCUT2D eigenvalue weighted by Gasteiger charge is -2.17. The number of rotatable bonds is 14. The second-order valence-corrected chi connectivity index (χ2v) is 5.07. The Morgan fingerprint density at radius 2 is 1.37 bits per heavy atom. The summed E-state index contributed by atoms with van der Waals surface area (Å²) in [5.41, 5.74) is 0. The molecule has 0 aliphatic heterocycles. The van der Waals surface area contributed by atoms with Gasteiger partial charge in [0, 0.05) is 13.2 Å². The fourth-order valence-corrected chi connectivity index (χ4v) is 1.87. The summed E-state index contributed by atoms with van der Waals surface area (Å²) in [5, 5.41) is 0. The Balaban J connectivity index is 3.50. The van der Waals surface area contributed by atoms with Crippen molar-refractivity contribution >= 4 is 0 Å². The molecule has 0 fully saturated rings. The zero-order chi connectivity index (χ0) is 14.2. The van der Waals surface area contributed by atoms with E-state index in [2.05, 4.69) is 32.9 Å². The molecule has 0 aliphatic carbocycles. The molecule has 0 saturated carbocycles. The maximum atomic E-state index is 5.72. The van der Waals surface area contributed by atoms with Gasteiger partial charge < -0.3 is 9.47 Å². The Morgan fingerprint density at radius 3 is 1.95 bits per heavy atom. The van der Waals surface area contributed by atoms with Crippen molar-refractivity contribution in [2.24, 2.45) is 0 Å². The van der Waals surface area contributed by atoms with Crippen LogP contribution in [0, 0.1) is 0 Å². The monoisotopic (exact) mass is 270 g/mol. The van der Waals surface area contributed by atoms with Gasteiger partial charge in [0.2, 0.25) is 0 Å². The summed E-state index contributed by atoms with van der Waals surface area (Å²) in [6, 6.07) is 0. The summed E-state index contributed by atoms with van der Waals surface area (Å²) in [7, 11) is 0. The van der Waals surface area contributed by atoms with Crippen molar-refractivity contribution in [3.05, 3.63) is 12.2 Å². The summed E-state index contributed by atoms with van der Waals surface area (Å²) in [5.74, 6) is 0. The second kappa shape index (κ2) is 15.7. The molecule has 0 aromatic heterocycles. The highest BCUT2D eigenvalue weighted by atomic mass is 16.7. The zero-order valence-electron chi connectivity index (χ0n) is 13.3. The van der Waals surface area contributed by atoms with Crippen LogP contribution in [0.3, 0.4) is 0 Å². The van der Waals surface area contributed by atoms with Crippen LogP contribution in [-0.4, -0.2) is 19.5 Å². The molecule has 0 bridgehead atoms. The Hall–Kier alpha value is -0.340. The molecule has 0 aromatic carbocycles. The Labute approximate surface area is 120 Å². The molecular formula is C17H34O2. The molecule has 114 valence electrons. The summed E-state index contributed by atoms with van der Waals surface area (Å²) in [4.78, 5) is 0. The predicted octanol–water partition coefficient (Wildman–Crippen LogP) is 5.47. The topological polar surface area (TPSA) is 18.5 Å². The van der Waals surface area contributed by atoms with Gasteiger partial charge in [0.25, 0.3) is 0 Å². The van der Waals surface area contributed by atoms with Gasteiger partial charge in [0.05, 0.1) is 0 Å². The lowest BCUT2D eigenvalue weighted by molar-refractivity contribution is -0.146. The van der Waals surface area contributed by atoms with Gasteiger partial charge in [-0.3, -0.25) is 0 Å². The first-order valence-corrected chi connectivity index (χ1v) is 8.23. The van der Waals surface area contributed by atoms with Crippen LogP contribution >= 0.6 is 0 Å². The minimum atomic E-state index is 0.0236. The Bertz CT molecular complexity index is 182. The van der Waals surface area contributed by atoms with E-state index in [-0.39, 0.29) is 6.29 Å². The average molecular weight is 270 g/mol. The second-order valence-electron chi connectivity index (χ2n) is 5.07. The van der Waals surface area contributed by atoms with Crippen LogP contribution in [0.4, 0.5) is 0 Å². The van der Waals surface area contributed by atoms with Gasteiger partial charge in [0.15, 0.2) is 6.29 Å². The third-order valence-electron chi connectivity index (χ3n) is 2.95. The molecule has 2 nitrogen and oxygen atoms in total. The van der Waals surface area contributed by atoms with Gasteiger partial charge in [-0.2, -0.15) is 0 Å². The Kier molecular flexibility index (Phi) is 15.4. The molecule has 2 heteroatoms. The lowest BCUT2D eigenvalue weighted by atomic mass is 10.1. The van der Waals surface area contributed by atoms with Gasteiger partial charge in [-0.25, -0.2) is 0 Å². The van der Waals surface area contributed by atoms with Gasteiger partial charge >= 0.3 is 0 Å². The number of unbranched alkanes of at least 4 members (excludes halogenated alkanes) is 4. The summed E-state index contributed by atoms with van der Waals surface area (Å²) in [6.07, 6.45) is 15.3. The first-order valence-electron chi connectivity index (χ1n) is 8.23. The molecule has 0 aromatic rings. The van der Waals surface area contributed by atoms with E-state index in [1.807, 2.05) is 0 Å². The molecule has 0 heterocycles. The zero-order valence-corrected chi connectivity index (χ0v) is 13.3. The maximum absolute atomic E-state index is 5.72. The number of allylic oxidation sites excluding steroid dienone is 2. The molecule has 0 radical (unpaired) electrons. The molecule has 0 saturated heterocycles. The smallest absolute Gasteiger partial charge is 0.157 e. The summed E-state index contributed by atoms with van der Waals surface area (Å²) >= 11 is 0. The van der Waals surface area contributed by atoms with Crippen molar-refractivity contribution in [1.82, 2.24) is 0 Å². The van der Waals surface area contributed by atoms with Gasteiger partial charge in [-0.15, -0.1) is 0 Å². The first kappa shape index (κ1) is 18.7. The normalized spacial score (nSPS) is 11.8. The predicted molar refractivity (Wildman–Crippen MR) is 83.4 cm³/mol. The van der Waals surface area contributed by atoms with Crippen LogP contribution in [0.1, 0.15) is 78.6 Å². The molecule has 0 N–H and O–H groups in total. The average Bonchev–Trinajstić information content (AvgIpc) is 2.43. The summed E-state index contributed by atoms with van der Waals surface area (Å²) < 4.78 is 11.4. The fraction of sp³-hybridized carbons (Fsp3) is 0.882. The minimum absolute atomic E-state index is 0.0236. The molecular weight excluding hydrogens is 236 g/mol. The third kappa shape index (κ3) is 13.9. The van der Waals surface area contributed by atoms with Gasteiger partial charge in [-0.1, -0.05) is 45.8 Å². The van der Waals surface area contributed by atoms with Crippen LogP contribution in [0.15, 0.2) is 12.2 Å². The lowest BCUT2D eigenvalue weighted by Crippen LogP contribution is -2.18. The minimum Gasteiger partial charge on any atom is -0.353 e. The highest BCUT2D eigenvalue weighted by Gasteiger charge is 2.07.